The second-order valence-corrected chi connectivity index (χ2v) is 29.5. The van der Waals surface area contributed by atoms with Gasteiger partial charge in [0.2, 0.25) is 0 Å². The Bertz CT molecular complexity index is 6770. The van der Waals surface area contributed by atoms with Crippen LogP contribution in [0.25, 0.3) is 109 Å². The maximum atomic E-state index is 7.09. The molecule has 0 fully saturated rings. The van der Waals surface area contributed by atoms with E-state index in [9.17, 15) is 0 Å². The predicted octanol–water partition coefficient (Wildman–Crippen LogP) is 28.5. The molecule has 4 nitrogen and oxygen atoms in total. The minimum absolute atomic E-state index is 0.420. The molecule has 17 aromatic carbocycles. The van der Waals surface area contributed by atoms with Crippen LogP contribution in [-0.4, -0.2) is 0 Å². The van der Waals surface area contributed by atoms with Gasteiger partial charge in [0.15, 0.2) is 0 Å². The highest BCUT2D eigenvalue weighted by molar-refractivity contribution is 7.25. The van der Waals surface area contributed by atoms with Crippen LogP contribution in [0.2, 0.25) is 0 Å². The van der Waals surface area contributed by atoms with E-state index in [1.807, 2.05) is 23.5 Å². The molecule has 0 saturated heterocycles. The van der Waals surface area contributed by atoms with Gasteiger partial charge in [0, 0.05) is 87.5 Å². The average Bonchev–Trinajstić information content (AvgIpc) is 1.54. The fraction of sp³-hybridized carbons (Fsp3) is 0.0192. The summed E-state index contributed by atoms with van der Waals surface area (Å²) < 4.78 is 16.0. The lowest BCUT2D eigenvalue weighted by atomic mass is 9.67. The van der Waals surface area contributed by atoms with Crippen molar-refractivity contribution in [1.82, 2.24) is 0 Å². The Balaban J connectivity index is 0.000000139. The number of benzene rings is 17. The summed E-state index contributed by atoms with van der Waals surface area (Å²) in [5.41, 5.74) is 29.1. The monoisotopic (exact) mass is 1410 g/mol. The molecule has 0 N–H and O–H groups in total. The van der Waals surface area contributed by atoms with Gasteiger partial charge in [0.05, 0.1) is 10.8 Å². The number of nitrogens with zero attached hydrogens (tertiary/aromatic N) is 2. The van der Waals surface area contributed by atoms with Crippen molar-refractivity contribution in [3.05, 3.63) is 457 Å². The molecule has 5 heteroatoms. The van der Waals surface area contributed by atoms with Gasteiger partial charge in [-0.05, 0) is 181 Å². The lowest BCUT2D eigenvalue weighted by molar-refractivity contribution is 0.648. The molecule has 22 rings (SSSR count). The fourth-order valence-corrected chi connectivity index (χ4v) is 19.2. The van der Waals surface area contributed by atoms with E-state index >= 15 is 0 Å². The summed E-state index contributed by atoms with van der Waals surface area (Å²) in [6.07, 6.45) is 0. The van der Waals surface area contributed by atoms with E-state index in [-0.39, 0.29) is 0 Å². The number of rotatable bonds is 12. The topological polar surface area (TPSA) is 32.8 Å². The highest BCUT2D eigenvalue weighted by atomic mass is 32.1. The molecular weight excluding hydrogens is 1340 g/mol. The van der Waals surface area contributed by atoms with E-state index in [1.165, 1.54) is 92.5 Å². The van der Waals surface area contributed by atoms with Gasteiger partial charge in [-0.3, -0.25) is 0 Å². The second-order valence-electron chi connectivity index (χ2n) is 28.5. The highest BCUT2D eigenvalue weighted by Gasteiger charge is 2.49. The minimum atomic E-state index is -0.561. The SMILES string of the molecule is c1ccc(-c2ccc(N(c3ccccc3)c3cccc(-c4cccc5oc6c(C7(c8ccccc8)c8ccccc8-c8ccccc87)cccc6c45)c3)cc2)cc1.c1ccc(N(c2ccc3c(c2)oc2ccccc23)c2ccc3c(c2)sc2ccc(C4(c5ccccc5)c5ccccc5-c5ccccc54)cc23)cc1. The Morgan fingerprint density at radius 3 is 1.28 bits per heavy atom. The van der Waals surface area contributed by atoms with Crippen LogP contribution in [0.1, 0.15) is 44.5 Å². The maximum absolute atomic E-state index is 7.09. The summed E-state index contributed by atoms with van der Waals surface area (Å²) in [6, 6.07) is 149. The zero-order valence-corrected chi connectivity index (χ0v) is 60.2. The predicted molar refractivity (Wildman–Crippen MR) is 455 cm³/mol. The summed E-state index contributed by atoms with van der Waals surface area (Å²) in [6.45, 7) is 0. The van der Waals surface area contributed by atoms with Crippen LogP contribution in [0, 0.1) is 0 Å². The molecule has 0 radical (unpaired) electrons. The van der Waals surface area contributed by atoms with Gasteiger partial charge >= 0.3 is 0 Å². The van der Waals surface area contributed by atoms with Gasteiger partial charge in [-0.15, -0.1) is 11.3 Å². The lowest BCUT2D eigenvalue weighted by Crippen LogP contribution is -2.28. The molecule has 2 aliphatic carbocycles. The summed E-state index contributed by atoms with van der Waals surface area (Å²) in [4.78, 5) is 4.67. The highest BCUT2D eigenvalue weighted by Crippen LogP contribution is 2.60. The van der Waals surface area contributed by atoms with Crippen molar-refractivity contribution in [3.8, 4) is 44.5 Å². The molecular formula is C104H68N2O2S. The Hall–Kier alpha value is -13.8. The third-order valence-corrected chi connectivity index (χ3v) is 23.8. The first kappa shape index (κ1) is 63.6. The van der Waals surface area contributed by atoms with Gasteiger partial charge in [-0.2, -0.15) is 0 Å². The van der Waals surface area contributed by atoms with Crippen molar-refractivity contribution in [2.45, 2.75) is 10.8 Å². The van der Waals surface area contributed by atoms with Crippen molar-refractivity contribution in [2.75, 3.05) is 9.80 Å². The van der Waals surface area contributed by atoms with E-state index < -0.39 is 10.8 Å². The maximum Gasteiger partial charge on any atom is 0.140 e. The summed E-state index contributed by atoms with van der Waals surface area (Å²) >= 11 is 1.86. The largest absolute Gasteiger partial charge is 0.456 e. The molecule has 20 aromatic rings. The zero-order chi connectivity index (χ0) is 72.0. The van der Waals surface area contributed by atoms with E-state index in [0.29, 0.717) is 0 Å². The number of para-hydroxylation sites is 4. The first-order valence-electron chi connectivity index (χ1n) is 37.4. The molecule has 0 spiro atoms. The normalized spacial score (nSPS) is 12.9. The van der Waals surface area contributed by atoms with Crippen LogP contribution >= 0.6 is 11.3 Å². The molecule has 3 aromatic heterocycles. The second kappa shape index (κ2) is 26.0. The van der Waals surface area contributed by atoms with Crippen molar-refractivity contribution < 1.29 is 8.83 Å². The Kier molecular flexibility index (Phi) is 15.2. The molecule has 0 aliphatic heterocycles. The van der Waals surface area contributed by atoms with Crippen molar-refractivity contribution in [3.63, 3.8) is 0 Å². The van der Waals surface area contributed by atoms with E-state index in [1.54, 1.807) is 0 Å². The number of thiophene rings is 1. The molecule has 0 amide bonds. The molecule has 0 bridgehead atoms. The number of furan rings is 2. The number of anilines is 6. The van der Waals surface area contributed by atoms with E-state index in [4.69, 9.17) is 8.83 Å². The van der Waals surface area contributed by atoms with Crippen molar-refractivity contribution in [1.29, 1.82) is 0 Å². The molecule has 0 unspecified atom stereocenters. The number of hydrogen-bond donors (Lipinski definition) is 0. The standard InChI is InChI=1S/C55H37NO.C49H31NOS/c1-4-17-38(18-5-1)39-33-35-43(36-34-39)56(42-22-8-3-9-23-42)44-24-14-19-40(37-44)45-27-16-32-52-53(45)48-28-15-31-51(54(48)57-52)55(41-20-6-2-7-21-41)49-29-12-10-25-46(49)47-26-11-13-30-50(47)55;1-3-13-32(14-4-1)49(43-20-10-7-17-37(43)38-18-8-11-21-44(38)49)33-23-28-47-42(29-33)41-27-25-36(31-48(41)52-47)50(34-15-5-2-6-16-34)35-24-26-40-39-19-9-12-22-45(39)51-46(40)30-35/h1-37H;1-31H. The van der Waals surface area contributed by atoms with Crippen molar-refractivity contribution >= 4 is 110 Å². The van der Waals surface area contributed by atoms with Gasteiger partial charge in [-0.1, -0.05) is 309 Å². The van der Waals surface area contributed by atoms with Crippen LogP contribution < -0.4 is 9.80 Å². The number of fused-ring (bicyclic) bond motifs is 15. The van der Waals surface area contributed by atoms with Crippen LogP contribution in [0.15, 0.2) is 421 Å². The minimum Gasteiger partial charge on any atom is -0.456 e. The molecule has 3 heterocycles. The van der Waals surface area contributed by atoms with Gasteiger partial charge in [0.25, 0.3) is 0 Å². The summed E-state index contributed by atoms with van der Waals surface area (Å²) in [5.74, 6) is 0. The first-order chi connectivity index (χ1) is 54.1. The zero-order valence-electron chi connectivity index (χ0n) is 59.4. The van der Waals surface area contributed by atoms with Gasteiger partial charge in [-0.25, -0.2) is 0 Å². The van der Waals surface area contributed by atoms with E-state index in [2.05, 4.69) is 410 Å². The molecule has 512 valence electrons. The van der Waals surface area contributed by atoms with Crippen LogP contribution in [0.4, 0.5) is 34.1 Å². The third-order valence-electron chi connectivity index (χ3n) is 22.7. The fourth-order valence-electron chi connectivity index (χ4n) is 18.1. The summed E-state index contributed by atoms with van der Waals surface area (Å²) in [5, 5.41) is 7.05. The Morgan fingerprint density at radius 1 is 0.211 bits per heavy atom. The van der Waals surface area contributed by atoms with E-state index in [0.717, 1.165) is 94.7 Å². The van der Waals surface area contributed by atoms with Crippen molar-refractivity contribution in [2.24, 2.45) is 0 Å². The molecule has 0 saturated carbocycles. The quantitative estimate of drug-likeness (QED) is 0.122. The van der Waals surface area contributed by atoms with Gasteiger partial charge < -0.3 is 18.6 Å². The molecule has 0 atom stereocenters. The number of hydrogen-bond acceptors (Lipinski definition) is 5. The van der Waals surface area contributed by atoms with Crippen LogP contribution in [-0.2, 0) is 10.8 Å². The third kappa shape index (κ3) is 10.2. The Labute approximate surface area is 636 Å². The molecule has 109 heavy (non-hydrogen) atoms. The summed E-state index contributed by atoms with van der Waals surface area (Å²) in [7, 11) is 0. The van der Waals surface area contributed by atoms with Crippen LogP contribution in [0.3, 0.4) is 0 Å². The first-order valence-corrected chi connectivity index (χ1v) is 38.2. The smallest absolute Gasteiger partial charge is 0.140 e. The Morgan fingerprint density at radius 2 is 0.633 bits per heavy atom. The molecule has 2 aliphatic rings. The van der Waals surface area contributed by atoms with Crippen LogP contribution in [0.5, 0.6) is 0 Å². The average molecular weight is 1410 g/mol. The lowest BCUT2D eigenvalue weighted by Gasteiger charge is -2.34. The van der Waals surface area contributed by atoms with Gasteiger partial charge in [0.1, 0.15) is 22.3 Å².